The molecule has 4 heterocycles. The number of carbonyl (C=O) groups is 10. The first-order valence-corrected chi connectivity index (χ1v) is 42.7. The molecule has 4 aliphatic rings. The number of fused-ring (bicyclic) bond motifs is 4. The molecule has 12 N–H and O–H groups in total. The summed E-state index contributed by atoms with van der Waals surface area (Å²) in [6.07, 6.45) is 22.0. The molecule has 17 atom stereocenters. The molecular formula is C87H126BCl2IN10O20U. The third kappa shape index (κ3) is 37.4. The fraction of sp³-hybridized carbons (Fsp3) is 0.540. The Morgan fingerprint density at radius 3 is 1.38 bits per heavy atom. The average Bonchev–Trinajstić information content (AvgIpc) is 0.827. The summed E-state index contributed by atoms with van der Waals surface area (Å²) < 4.78 is 17.5. The molecule has 672 valence electrons. The van der Waals surface area contributed by atoms with Crippen molar-refractivity contribution in [1.29, 1.82) is 1.34 Å². The Morgan fingerprint density at radius 2 is 1.02 bits per heavy atom. The second-order valence-electron chi connectivity index (χ2n) is 30.6. The summed E-state index contributed by atoms with van der Waals surface area (Å²) in [5, 5.41) is 81.8. The molecule has 2 fully saturated rings. The zero-order chi connectivity index (χ0) is 91.5. The van der Waals surface area contributed by atoms with Crippen LogP contribution in [0.25, 0.3) is 0 Å². The maximum atomic E-state index is 14.3. The molecule has 0 aliphatic carbocycles. The monoisotopic (exact) mass is 2080 g/mol. The Balaban J connectivity index is 0.000000786. The summed E-state index contributed by atoms with van der Waals surface area (Å²) in [6.45, 7) is 18.0. The first-order chi connectivity index (χ1) is 57.9. The molecule has 35 heteroatoms. The number of aliphatic hydroxyl groups excluding tert-OH is 4. The Bertz CT molecular complexity index is 3990. The number of esters is 2. The molecule has 0 aromatic heterocycles. The van der Waals surface area contributed by atoms with Crippen LogP contribution in [0.15, 0.2) is 157 Å². The minimum atomic E-state index is -1.31. The van der Waals surface area contributed by atoms with Gasteiger partial charge in [0, 0.05) is 120 Å². The summed E-state index contributed by atoms with van der Waals surface area (Å²) in [4.78, 5) is 146. The quantitative estimate of drug-likeness (QED) is 0.00958. The number of nitrogens with one attached hydrogen (secondary N) is 6. The number of phenols is 2. The third-order valence-electron chi connectivity index (χ3n) is 20.8. The van der Waals surface area contributed by atoms with E-state index >= 15 is 0 Å². The van der Waals surface area contributed by atoms with Crippen LogP contribution in [0.2, 0.25) is 0 Å². The van der Waals surface area contributed by atoms with Crippen molar-refractivity contribution in [1.82, 2.24) is 52.3 Å². The van der Waals surface area contributed by atoms with Gasteiger partial charge in [-0.25, -0.2) is 21.0 Å². The number of amides is 8. The normalized spacial score (nSPS) is 27.7. The molecular weight excluding hydrogens is 1950 g/mol. The van der Waals surface area contributed by atoms with Crippen molar-refractivity contribution < 1.29 is 129 Å². The molecule has 2 radical (unpaired) electrons. The van der Waals surface area contributed by atoms with Gasteiger partial charge in [0.2, 0.25) is 23.6 Å². The van der Waals surface area contributed by atoms with Gasteiger partial charge in [0.25, 0.3) is 23.6 Å². The van der Waals surface area contributed by atoms with Gasteiger partial charge in [-0.05, 0) is 125 Å². The molecule has 8 amide bonds. The summed E-state index contributed by atoms with van der Waals surface area (Å²) in [5.74, 6) is -10.1. The zero-order valence-corrected chi connectivity index (χ0v) is 80.0. The fourth-order valence-corrected chi connectivity index (χ4v) is 13.5. The number of allylic oxidation sites excluding steroid dienone is 10. The SMILES string of the molecule is C/C=C/C[C@H]1C(=O)N[C@@H](C(C)C)C(=O)N[C@@H](Cc2cccc(O)c2)C(=O)N2CCCC(N2)C(=O)O[C@H](/C(C)=C/C=C/C(=O)N(C)OC)C/C=C/C=C/[C@H](O)[C@H](C)[C@H]1O.CON(C)C(=O)/C=C/C=C(\C)[C@@H]1C/C=C/C=C/[C@H](O)[C@H](C)[C@@H](O)[C@@H](CCC(C)I)C(=O)N[C@@H](C(C)C)C(=O)N[C@@H](Cc2cccc(O)c2)C(=O)N2CCCC(N2)C(=O)O1.ClCCl.[2H][B].[U]. The fourth-order valence-electron chi connectivity index (χ4n) is 13.2. The number of alkyl halides is 3. The number of halogens is 3. The van der Waals surface area contributed by atoms with Gasteiger partial charge in [0.1, 0.15) is 60.0 Å². The Kier molecular flexibility index (Phi) is 51.6. The molecule has 30 nitrogen and oxygen atoms in total. The number of benzene rings is 2. The summed E-state index contributed by atoms with van der Waals surface area (Å²) in [7, 11) is 9.42. The van der Waals surface area contributed by atoms with Crippen LogP contribution in [0.1, 0.15) is 138 Å². The van der Waals surface area contributed by atoms with E-state index in [1.54, 1.807) is 147 Å². The van der Waals surface area contributed by atoms with Crippen molar-refractivity contribution >= 4 is 113 Å². The molecule has 3 unspecified atom stereocenters. The predicted molar refractivity (Wildman–Crippen MR) is 473 cm³/mol. The van der Waals surface area contributed by atoms with Crippen LogP contribution < -0.4 is 32.1 Å². The van der Waals surface area contributed by atoms with E-state index < -0.39 is 168 Å². The largest absolute Gasteiger partial charge is 0.508 e. The molecule has 4 bridgehead atoms. The Labute approximate surface area is 768 Å². The van der Waals surface area contributed by atoms with E-state index in [0.717, 1.165) is 10.1 Å². The van der Waals surface area contributed by atoms with Crippen LogP contribution in [0.5, 0.6) is 11.5 Å². The Morgan fingerprint density at radius 1 is 0.631 bits per heavy atom. The van der Waals surface area contributed by atoms with Gasteiger partial charge >= 0.3 is 11.9 Å². The second-order valence-corrected chi connectivity index (χ2v) is 33.6. The maximum absolute atomic E-state index is 14.3. The molecule has 0 saturated carbocycles. The van der Waals surface area contributed by atoms with E-state index in [0.29, 0.717) is 60.8 Å². The summed E-state index contributed by atoms with van der Waals surface area (Å²) in [6, 6.07) is 6.19. The minimum absolute atomic E-state index is 0. The topological polar surface area (TPSA) is 414 Å². The first-order valence-electron chi connectivity index (χ1n) is 40.9. The number of likely N-dealkylation sites (N-methyl/N-ethyl adjacent to an activating group) is 2. The van der Waals surface area contributed by atoms with Gasteiger partial charge < -0.3 is 61.4 Å². The third-order valence-corrected chi connectivity index (χ3v) is 21.4. The number of cyclic esters (lactones) is 2. The number of hydrogen-bond acceptors (Lipinski definition) is 22. The predicted octanol–water partition coefficient (Wildman–Crippen LogP) is 7.30. The van der Waals surface area contributed by atoms with Gasteiger partial charge in [-0.3, -0.25) is 67.6 Å². The number of nitrogens with zero attached hydrogens (tertiary/aromatic N) is 4. The van der Waals surface area contributed by atoms with Crippen molar-refractivity contribution in [2.24, 2.45) is 35.5 Å². The van der Waals surface area contributed by atoms with Crippen molar-refractivity contribution in [3.05, 3.63) is 168 Å². The van der Waals surface area contributed by atoms with Gasteiger partial charge in [0.05, 0.1) is 55.8 Å². The van der Waals surface area contributed by atoms with E-state index in [1.807, 2.05) is 6.92 Å². The van der Waals surface area contributed by atoms with Crippen LogP contribution in [0.3, 0.4) is 0 Å². The summed E-state index contributed by atoms with van der Waals surface area (Å²) >= 11 is 11.8. The molecule has 0 spiro atoms. The van der Waals surface area contributed by atoms with Crippen LogP contribution >= 0.6 is 45.8 Å². The molecule has 2 aromatic carbocycles. The van der Waals surface area contributed by atoms with Gasteiger partial charge in [-0.2, -0.15) is 0 Å². The van der Waals surface area contributed by atoms with Crippen LogP contribution in [-0.2, 0) is 79.9 Å². The van der Waals surface area contributed by atoms with Gasteiger partial charge in [-0.1, -0.05) is 180 Å². The summed E-state index contributed by atoms with van der Waals surface area (Å²) in [5.41, 5.74) is 8.35. The van der Waals surface area contributed by atoms with E-state index in [2.05, 4.69) is 63.1 Å². The smallest absolute Gasteiger partial charge is 0.325 e. The van der Waals surface area contributed by atoms with Crippen LogP contribution in [0, 0.1) is 66.6 Å². The van der Waals surface area contributed by atoms with Crippen LogP contribution in [0.4, 0.5) is 0 Å². The van der Waals surface area contributed by atoms with E-state index in [1.165, 1.54) is 99.1 Å². The van der Waals surface area contributed by atoms with Crippen LogP contribution in [-0.4, -0.2) is 243 Å². The van der Waals surface area contributed by atoms with Crippen molar-refractivity contribution in [3.8, 4) is 11.5 Å². The molecule has 122 heavy (non-hydrogen) atoms. The second kappa shape index (κ2) is 57.9. The molecule has 4 aliphatic heterocycles. The van der Waals surface area contributed by atoms with E-state index in [4.69, 9.17) is 43.7 Å². The first kappa shape index (κ1) is 109. The van der Waals surface area contributed by atoms with E-state index in [-0.39, 0.29) is 97.1 Å². The number of hydroxylamine groups is 4. The zero-order valence-electron chi connectivity index (χ0n) is 73.1. The number of aromatic hydroxyl groups is 2. The van der Waals surface area contributed by atoms with Crippen molar-refractivity contribution in [3.63, 3.8) is 0 Å². The van der Waals surface area contributed by atoms with E-state index in [9.17, 15) is 78.6 Å². The number of carbonyl (C=O) groups excluding carboxylic acids is 10. The number of ether oxygens (including phenoxy) is 2. The standard InChI is InChI=1S/C43H62IN5O10.C43H61N5O10.CH2Cl2.BH.U/c1-26(2)38-41(55)45-34(25-30-15-12-16-31(50)24-30)42(56)49-23-13-17-33(47-49)43(57)59-36(27(3)14-11-20-37(52)48(6)58-7)19-10-8-9-18-35(51)29(5)39(53)32(40(54)46-38)22-21-28(4)44;1-8-9-19-32-39(52)29(5)35(50)21-11-10-12-22-36(28(4)16-13-23-37(51)47(6)57-7)58-43(56)33-20-15-24-48(46-33)42(55)34(26-30-17-14-18-31(49)25-30)44-41(54)38(27(2)3)45-40(32)53;2-1-3;;/h8-12,14-16,18,20,24,26,28-29,32-36,38-39,47,50-51,53H,13,17,19,21-23,25H2,1-7H3,(H,45,55)(H,46,54);8-14,16-18,21,23,25,27,29,32-36,38-39,46,49-50,52H,15,19-20,22,24,26H2,1-7H3,(H,44,54)(H,45,53);1H2;1H;/b10-8+,18-9+,20-11+,27-14+;9-8+,12-10+,21-11+,23-13+,28-16+;;;/t28?,29-,32+,33?,34-,35-,36-,38-,39+;29-,32+,33?,34-,35-,36-,38-,39+;;;/m00.../s1/i;;;1D;. The molecule has 2 saturated heterocycles. The van der Waals surface area contributed by atoms with Gasteiger partial charge in [0.15, 0.2) is 0 Å². The minimum Gasteiger partial charge on any atom is -0.508 e. The number of hydrogen-bond donors (Lipinski definition) is 12. The maximum Gasteiger partial charge on any atom is 0.325 e. The number of phenolic OH excluding ortho intramolecular Hbond substituents is 2. The van der Waals surface area contributed by atoms with Crippen molar-refractivity contribution in [2.75, 3.05) is 46.7 Å². The number of rotatable bonds is 19. The average molecular weight is 2080 g/mol. The van der Waals surface area contributed by atoms with Gasteiger partial charge in [-0.15, -0.1) is 23.2 Å². The molecule has 2 aromatic rings. The molecule has 6 rings (SSSR count). The number of hydrazine groups is 2. The van der Waals surface area contributed by atoms with Crippen molar-refractivity contribution in [2.45, 2.75) is 217 Å². The number of aliphatic hydroxyl groups is 4. The Hall–Kier alpha value is -7.49.